The molecule has 4 nitrogen and oxygen atoms in total. The predicted molar refractivity (Wildman–Crippen MR) is 74.5 cm³/mol. The highest BCUT2D eigenvalue weighted by Gasteiger charge is 2.40. The molecule has 1 aromatic carbocycles. The second-order valence-electron chi connectivity index (χ2n) is 5.23. The summed E-state index contributed by atoms with van der Waals surface area (Å²) in [6.07, 6.45) is -0.0451. The van der Waals surface area contributed by atoms with Crippen molar-refractivity contribution < 1.29 is 9.53 Å². The third-order valence-corrected chi connectivity index (χ3v) is 3.52. The Morgan fingerprint density at radius 1 is 1.32 bits per heavy atom. The summed E-state index contributed by atoms with van der Waals surface area (Å²) in [6.45, 7) is 5.31. The second-order valence-corrected chi connectivity index (χ2v) is 5.23. The molecule has 0 saturated carbocycles. The number of rotatable bonds is 5. The lowest BCUT2D eigenvalue weighted by atomic mass is 10.1. The van der Waals surface area contributed by atoms with Crippen LogP contribution in [0.4, 0.5) is 0 Å². The van der Waals surface area contributed by atoms with Crippen LogP contribution in [-0.4, -0.2) is 37.1 Å². The number of hydrogen-bond acceptors (Lipinski definition) is 3. The molecule has 2 unspecified atom stereocenters. The second kappa shape index (κ2) is 6.17. The maximum atomic E-state index is 12.4. The van der Waals surface area contributed by atoms with Crippen molar-refractivity contribution in [3.8, 4) is 0 Å². The zero-order valence-electron chi connectivity index (χ0n) is 11.8. The van der Waals surface area contributed by atoms with Crippen LogP contribution < -0.4 is 5.32 Å². The van der Waals surface area contributed by atoms with Crippen molar-refractivity contribution in [1.29, 1.82) is 0 Å². The number of methoxy groups -OCH3 is 1. The van der Waals surface area contributed by atoms with E-state index in [1.165, 1.54) is 0 Å². The Hall–Kier alpha value is -1.39. The quantitative estimate of drug-likeness (QED) is 0.879. The van der Waals surface area contributed by atoms with E-state index in [0.29, 0.717) is 13.2 Å². The minimum absolute atomic E-state index is 0.0451. The number of nitrogens with one attached hydrogen (secondary N) is 1. The highest BCUT2D eigenvalue weighted by Crippen LogP contribution is 2.27. The van der Waals surface area contributed by atoms with E-state index in [-0.39, 0.29) is 24.0 Å². The molecule has 1 aromatic rings. The summed E-state index contributed by atoms with van der Waals surface area (Å²) in [7, 11) is 1.66. The fourth-order valence-electron chi connectivity index (χ4n) is 2.46. The van der Waals surface area contributed by atoms with Gasteiger partial charge in [0.05, 0.1) is 12.6 Å². The largest absolute Gasteiger partial charge is 0.383 e. The number of carbonyl (C=O) groups excluding carboxylic acids is 1. The smallest absolute Gasteiger partial charge is 0.241 e. The third kappa shape index (κ3) is 2.96. The molecule has 0 radical (unpaired) electrons. The van der Waals surface area contributed by atoms with E-state index in [1.807, 2.05) is 35.2 Å². The molecule has 0 aromatic heterocycles. The SMILES string of the molecule is COCCN1C(=O)C(C(C)C)NC1c1ccccc1. The van der Waals surface area contributed by atoms with Crippen molar-refractivity contribution in [3.05, 3.63) is 35.9 Å². The van der Waals surface area contributed by atoms with Gasteiger partial charge in [0.1, 0.15) is 6.17 Å². The highest BCUT2D eigenvalue weighted by molar-refractivity contribution is 5.84. The van der Waals surface area contributed by atoms with Gasteiger partial charge in [0.25, 0.3) is 0 Å². The van der Waals surface area contributed by atoms with E-state index in [4.69, 9.17) is 4.74 Å². The topological polar surface area (TPSA) is 41.6 Å². The molecule has 0 bridgehead atoms. The van der Waals surface area contributed by atoms with Crippen LogP contribution in [0, 0.1) is 5.92 Å². The Morgan fingerprint density at radius 3 is 2.58 bits per heavy atom. The molecule has 0 spiro atoms. The van der Waals surface area contributed by atoms with Crippen LogP contribution in [-0.2, 0) is 9.53 Å². The first-order valence-electron chi connectivity index (χ1n) is 6.75. The normalized spacial score (nSPS) is 23.4. The first-order valence-corrected chi connectivity index (χ1v) is 6.75. The van der Waals surface area contributed by atoms with E-state index >= 15 is 0 Å². The molecule has 1 aliphatic rings. The Balaban J connectivity index is 2.22. The van der Waals surface area contributed by atoms with Crippen molar-refractivity contribution in [2.45, 2.75) is 26.1 Å². The van der Waals surface area contributed by atoms with Gasteiger partial charge in [-0.2, -0.15) is 0 Å². The summed E-state index contributed by atoms with van der Waals surface area (Å²) < 4.78 is 5.11. The summed E-state index contributed by atoms with van der Waals surface area (Å²) in [5.74, 6) is 0.451. The Bertz CT molecular complexity index is 419. The lowest BCUT2D eigenvalue weighted by Gasteiger charge is -2.24. The van der Waals surface area contributed by atoms with Gasteiger partial charge >= 0.3 is 0 Å². The molecule has 1 saturated heterocycles. The molecule has 1 heterocycles. The molecular formula is C15H22N2O2. The molecular weight excluding hydrogens is 240 g/mol. The maximum Gasteiger partial charge on any atom is 0.241 e. The number of nitrogens with zero attached hydrogens (tertiary/aromatic N) is 1. The predicted octanol–water partition coefficient (Wildman–Crippen LogP) is 1.79. The monoisotopic (exact) mass is 262 g/mol. The van der Waals surface area contributed by atoms with Gasteiger partial charge in [-0.25, -0.2) is 0 Å². The van der Waals surface area contributed by atoms with Crippen molar-refractivity contribution in [2.24, 2.45) is 5.92 Å². The Kier molecular flexibility index (Phi) is 4.56. The van der Waals surface area contributed by atoms with Gasteiger partial charge < -0.3 is 9.64 Å². The fourth-order valence-corrected chi connectivity index (χ4v) is 2.46. The molecule has 1 amide bonds. The lowest BCUT2D eigenvalue weighted by molar-refractivity contribution is -0.131. The summed E-state index contributed by atoms with van der Waals surface area (Å²) in [4.78, 5) is 14.3. The van der Waals surface area contributed by atoms with Gasteiger partial charge in [-0.1, -0.05) is 44.2 Å². The number of amides is 1. The van der Waals surface area contributed by atoms with Gasteiger partial charge in [0.2, 0.25) is 5.91 Å². The molecule has 2 atom stereocenters. The molecule has 1 N–H and O–H groups in total. The number of ether oxygens (including phenoxy) is 1. The molecule has 104 valence electrons. The number of benzene rings is 1. The number of hydrogen-bond donors (Lipinski definition) is 1. The van der Waals surface area contributed by atoms with E-state index in [9.17, 15) is 4.79 Å². The van der Waals surface area contributed by atoms with Gasteiger partial charge in [0, 0.05) is 13.7 Å². The zero-order valence-corrected chi connectivity index (χ0v) is 11.8. The summed E-state index contributed by atoms with van der Waals surface area (Å²) in [5.41, 5.74) is 1.12. The Labute approximate surface area is 114 Å². The summed E-state index contributed by atoms with van der Waals surface area (Å²) in [5, 5.41) is 3.44. The van der Waals surface area contributed by atoms with Gasteiger partial charge in [-0.05, 0) is 11.5 Å². The van der Waals surface area contributed by atoms with Gasteiger partial charge in [-0.15, -0.1) is 0 Å². The molecule has 1 aliphatic heterocycles. The number of carbonyl (C=O) groups is 1. The van der Waals surface area contributed by atoms with Crippen molar-refractivity contribution in [2.75, 3.05) is 20.3 Å². The van der Waals surface area contributed by atoms with Crippen LogP contribution >= 0.6 is 0 Å². The van der Waals surface area contributed by atoms with Crippen LogP contribution in [0.25, 0.3) is 0 Å². The average molecular weight is 262 g/mol. The standard InChI is InChI=1S/C15H22N2O2/c1-11(2)13-15(18)17(9-10-19-3)14(16-13)12-7-5-4-6-8-12/h4-8,11,13-14,16H,9-10H2,1-3H3. The zero-order chi connectivity index (χ0) is 13.8. The first-order chi connectivity index (χ1) is 9.15. The van der Waals surface area contributed by atoms with E-state index in [2.05, 4.69) is 19.2 Å². The Morgan fingerprint density at radius 2 is 2.00 bits per heavy atom. The van der Waals surface area contributed by atoms with Gasteiger partial charge in [-0.3, -0.25) is 10.1 Å². The van der Waals surface area contributed by atoms with Crippen LogP contribution in [0.5, 0.6) is 0 Å². The van der Waals surface area contributed by atoms with Gasteiger partial charge in [0.15, 0.2) is 0 Å². The molecule has 4 heteroatoms. The minimum atomic E-state index is -0.109. The molecule has 19 heavy (non-hydrogen) atoms. The van der Waals surface area contributed by atoms with E-state index < -0.39 is 0 Å². The molecule has 2 rings (SSSR count). The molecule has 0 aliphatic carbocycles. The van der Waals surface area contributed by atoms with Crippen LogP contribution in [0.15, 0.2) is 30.3 Å². The van der Waals surface area contributed by atoms with Crippen molar-refractivity contribution in [3.63, 3.8) is 0 Å². The maximum absolute atomic E-state index is 12.4. The molecule has 1 fully saturated rings. The van der Waals surface area contributed by atoms with E-state index in [0.717, 1.165) is 5.56 Å². The first kappa shape index (κ1) is 14.0. The fraction of sp³-hybridized carbons (Fsp3) is 0.533. The third-order valence-electron chi connectivity index (χ3n) is 3.52. The summed E-state index contributed by atoms with van der Waals surface area (Å²) in [6, 6.07) is 9.97. The highest BCUT2D eigenvalue weighted by atomic mass is 16.5. The van der Waals surface area contributed by atoms with Crippen molar-refractivity contribution >= 4 is 5.91 Å². The summed E-state index contributed by atoms with van der Waals surface area (Å²) >= 11 is 0. The van der Waals surface area contributed by atoms with Crippen LogP contribution in [0.3, 0.4) is 0 Å². The van der Waals surface area contributed by atoms with E-state index in [1.54, 1.807) is 7.11 Å². The average Bonchev–Trinajstić information content (AvgIpc) is 2.75. The van der Waals surface area contributed by atoms with Crippen LogP contribution in [0.1, 0.15) is 25.6 Å². The minimum Gasteiger partial charge on any atom is -0.383 e. The van der Waals surface area contributed by atoms with Crippen LogP contribution in [0.2, 0.25) is 0 Å². The van der Waals surface area contributed by atoms with Crippen molar-refractivity contribution in [1.82, 2.24) is 10.2 Å². The lowest BCUT2D eigenvalue weighted by Crippen LogP contribution is -2.35.